The van der Waals surface area contributed by atoms with Gasteiger partial charge in [-0.15, -0.1) is 13.2 Å². The molecular formula is C14H26. The molecule has 0 radical (unpaired) electrons. The van der Waals surface area contributed by atoms with Gasteiger partial charge < -0.3 is 0 Å². The van der Waals surface area contributed by atoms with Gasteiger partial charge in [0, 0.05) is 0 Å². The summed E-state index contributed by atoms with van der Waals surface area (Å²) in [6.45, 7) is 18.2. The van der Waals surface area contributed by atoms with Crippen LogP contribution in [-0.4, -0.2) is 0 Å². The van der Waals surface area contributed by atoms with Crippen LogP contribution < -0.4 is 0 Å². The number of hydrogen-bond acceptors (Lipinski definition) is 0. The van der Waals surface area contributed by atoms with Crippen molar-refractivity contribution in [2.45, 2.75) is 41.5 Å². The van der Waals surface area contributed by atoms with Gasteiger partial charge in [0.2, 0.25) is 0 Å². The Hall–Kier alpha value is -1.04. The van der Waals surface area contributed by atoms with Crippen LogP contribution in [0.3, 0.4) is 0 Å². The monoisotopic (exact) mass is 194 g/mol. The lowest BCUT2D eigenvalue weighted by molar-refractivity contribution is 1.40. The molecular weight excluding hydrogens is 168 g/mol. The highest BCUT2D eigenvalue weighted by Gasteiger charge is 1.79. The normalized spacial score (nSPS) is 6.43. The molecule has 1 aromatic rings. The summed E-state index contributed by atoms with van der Waals surface area (Å²) in [5, 5.41) is 0. The van der Waals surface area contributed by atoms with Crippen molar-refractivity contribution < 1.29 is 0 Å². The molecule has 0 amide bonds. The van der Waals surface area contributed by atoms with Crippen molar-refractivity contribution in [3.05, 3.63) is 48.6 Å². The third kappa shape index (κ3) is 13.5. The van der Waals surface area contributed by atoms with Crippen molar-refractivity contribution >= 4 is 0 Å². The smallest absolute Gasteiger partial charge is 0.0398 e. The van der Waals surface area contributed by atoms with Gasteiger partial charge >= 0.3 is 0 Å². The van der Waals surface area contributed by atoms with Crippen LogP contribution in [-0.2, 0) is 0 Å². The lowest BCUT2D eigenvalue weighted by atomic mass is 10.2. The maximum Gasteiger partial charge on any atom is -0.0398 e. The number of rotatable bonds is 0. The molecule has 0 saturated heterocycles. The Bertz CT molecular complexity index is 151. The summed E-state index contributed by atoms with van der Waals surface area (Å²) in [6.07, 6.45) is 0. The van der Waals surface area contributed by atoms with Gasteiger partial charge in [-0.25, -0.2) is 0 Å². The van der Waals surface area contributed by atoms with Gasteiger partial charge in [0.15, 0.2) is 0 Å². The Balaban J connectivity index is -0.000000174. The van der Waals surface area contributed by atoms with Gasteiger partial charge in [0.05, 0.1) is 0 Å². The van der Waals surface area contributed by atoms with E-state index in [0.29, 0.717) is 0 Å². The molecule has 0 spiro atoms. The maximum atomic E-state index is 3.00. The van der Waals surface area contributed by atoms with Gasteiger partial charge in [0.25, 0.3) is 0 Å². The summed E-state index contributed by atoms with van der Waals surface area (Å²) >= 11 is 0. The van der Waals surface area contributed by atoms with Crippen LogP contribution in [0.2, 0.25) is 0 Å². The summed E-state index contributed by atoms with van der Waals surface area (Å²) in [4.78, 5) is 0. The van der Waals surface area contributed by atoms with Gasteiger partial charge in [-0.1, -0.05) is 63.1 Å². The molecule has 0 bridgehead atoms. The van der Waals surface area contributed by atoms with Crippen LogP contribution in [0.15, 0.2) is 37.4 Å². The Labute approximate surface area is 90.7 Å². The zero-order valence-corrected chi connectivity index (χ0v) is 10.7. The van der Waals surface area contributed by atoms with Crippen molar-refractivity contribution in [3.8, 4) is 0 Å². The SMILES string of the molecule is C=C.CC.CC.Cc1ccc(C)cc1. The fourth-order valence-electron chi connectivity index (χ4n) is 0.637. The fourth-order valence-corrected chi connectivity index (χ4v) is 0.637. The van der Waals surface area contributed by atoms with Crippen LogP contribution in [0, 0.1) is 13.8 Å². The molecule has 82 valence electrons. The van der Waals surface area contributed by atoms with E-state index in [2.05, 4.69) is 51.3 Å². The topological polar surface area (TPSA) is 0 Å². The number of benzene rings is 1. The molecule has 14 heavy (non-hydrogen) atoms. The van der Waals surface area contributed by atoms with E-state index in [1.54, 1.807) is 0 Å². The maximum absolute atomic E-state index is 3.00. The predicted octanol–water partition coefficient (Wildman–Crippen LogP) is 5.16. The quantitative estimate of drug-likeness (QED) is 0.500. The van der Waals surface area contributed by atoms with Crippen molar-refractivity contribution in [1.29, 1.82) is 0 Å². The minimum absolute atomic E-state index is 1.33. The summed E-state index contributed by atoms with van der Waals surface area (Å²) < 4.78 is 0. The third-order valence-corrected chi connectivity index (χ3v) is 1.22. The first-order chi connectivity index (χ1) is 6.79. The van der Waals surface area contributed by atoms with Crippen molar-refractivity contribution in [3.63, 3.8) is 0 Å². The van der Waals surface area contributed by atoms with Crippen LogP contribution in [0.1, 0.15) is 38.8 Å². The van der Waals surface area contributed by atoms with Gasteiger partial charge in [0.1, 0.15) is 0 Å². The van der Waals surface area contributed by atoms with E-state index in [-0.39, 0.29) is 0 Å². The number of aryl methyl sites for hydroxylation is 2. The highest BCUT2D eigenvalue weighted by atomic mass is 13.9. The summed E-state index contributed by atoms with van der Waals surface area (Å²) in [6, 6.07) is 8.48. The Morgan fingerprint density at radius 3 is 0.929 bits per heavy atom. The predicted molar refractivity (Wildman–Crippen MR) is 69.9 cm³/mol. The highest BCUT2D eigenvalue weighted by Crippen LogP contribution is 1.99. The highest BCUT2D eigenvalue weighted by molar-refractivity contribution is 5.19. The molecule has 0 saturated carbocycles. The minimum Gasteiger partial charge on any atom is -0.106 e. The molecule has 0 fully saturated rings. The van der Waals surface area contributed by atoms with E-state index >= 15 is 0 Å². The third-order valence-electron chi connectivity index (χ3n) is 1.22. The van der Waals surface area contributed by atoms with Crippen LogP contribution >= 0.6 is 0 Å². The zero-order valence-electron chi connectivity index (χ0n) is 10.7. The molecule has 0 aliphatic heterocycles. The summed E-state index contributed by atoms with van der Waals surface area (Å²) in [5.74, 6) is 0. The lowest BCUT2D eigenvalue weighted by Gasteiger charge is -1.90. The Morgan fingerprint density at radius 2 is 0.786 bits per heavy atom. The second-order valence-corrected chi connectivity index (χ2v) is 2.15. The Kier molecular flexibility index (Phi) is 23.9. The second kappa shape index (κ2) is 17.9. The molecule has 0 aliphatic carbocycles. The molecule has 0 unspecified atom stereocenters. The zero-order chi connectivity index (χ0) is 12.0. The largest absolute Gasteiger partial charge is 0.106 e. The van der Waals surface area contributed by atoms with Gasteiger partial charge in [-0.05, 0) is 13.8 Å². The average molecular weight is 194 g/mol. The van der Waals surface area contributed by atoms with Crippen molar-refractivity contribution in [2.75, 3.05) is 0 Å². The summed E-state index contributed by atoms with van der Waals surface area (Å²) in [5.41, 5.74) is 2.66. The lowest BCUT2D eigenvalue weighted by Crippen LogP contribution is -1.70. The van der Waals surface area contributed by atoms with E-state index in [1.807, 2.05) is 27.7 Å². The molecule has 0 aliphatic rings. The first kappa shape index (κ1) is 18.7. The van der Waals surface area contributed by atoms with Crippen LogP contribution in [0.25, 0.3) is 0 Å². The fraction of sp³-hybridized carbons (Fsp3) is 0.429. The first-order valence-electron chi connectivity index (χ1n) is 5.32. The van der Waals surface area contributed by atoms with E-state index in [4.69, 9.17) is 0 Å². The van der Waals surface area contributed by atoms with E-state index < -0.39 is 0 Å². The van der Waals surface area contributed by atoms with Crippen LogP contribution in [0.4, 0.5) is 0 Å². The standard InChI is InChI=1S/C8H10.2C2H6.C2H4/c1-7-3-5-8(2)6-4-7;3*1-2/h3-6H,1-2H3;2*1-2H3;1-2H2. The molecule has 0 N–H and O–H groups in total. The van der Waals surface area contributed by atoms with Gasteiger partial charge in [-0.2, -0.15) is 0 Å². The van der Waals surface area contributed by atoms with Gasteiger partial charge in [-0.3, -0.25) is 0 Å². The molecule has 0 heteroatoms. The van der Waals surface area contributed by atoms with Crippen molar-refractivity contribution in [1.82, 2.24) is 0 Å². The van der Waals surface area contributed by atoms with E-state index in [0.717, 1.165) is 0 Å². The second-order valence-electron chi connectivity index (χ2n) is 2.15. The first-order valence-corrected chi connectivity index (χ1v) is 5.32. The average Bonchev–Trinajstić information content (AvgIpc) is 2.31. The molecule has 0 nitrogen and oxygen atoms in total. The molecule has 0 heterocycles. The van der Waals surface area contributed by atoms with Crippen LogP contribution in [0.5, 0.6) is 0 Å². The van der Waals surface area contributed by atoms with E-state index in [9.17, 15) is 0 Å². The summed E-state index contributed by atoms with van der Waals surface area (Å²) in [7, 11) is 0. The number of hydrogen-bond donors (Lipinski definition) is 0. The molecule has 1 aromatic carbocycles. The Morgan fingerprint density at radius 1 is 0.643 bits per heavy atom. The van der Waals surface area contributed by atoms with E-state index in [1.165, 1.54) is 11.1 Å². The minimum atomic E-state index is 1.33. The molecule has 0 atom stereocenters. The van der Waals surface area contributed by atoms with Crippen molar-refractivity contribution in [2.24, 2.45) is 0 Å². The molecule has 0 aromatic heterocycles. The molecule has 1 rings (SSSR count).